The Labute approximate surface area is 88.9 Å². The summed E-state index contributed by atoms with van der Waals surface area (Å²) >= 11 is 3.20. The van der Waals surface area contributed by atoms with Gasteiger partial charge in [-0.25, -0.2) is 4.79 Å². The Hall–Kier alpha value is -1.14. The predicted molar refractivity (Wildman–Crippen MR) is 52.9 cm³/mol. The van der Waals surface area contributed by atoms with Gasteiger partial charge in [-0.1, -0.05) is 0 Å². The molecule has 0 saturated heterocycles. The fourth-order valence-corrected chi connectivity index (χ4v) is 1.11. The van der Waals surface area contributed by atoms with E-state index in [-0.39, 0.29) is 6.54 Å². The van der Waals surface area contributed by atoms with Crippen LogP contribution in [0.15, 0.2) is 22.8 Å². The van der Waals surface area contributed by atoms with Gasteiger partial charge in [0.05, 0.1) is 12.2 Å². The third-order valence-corrected chi connectivity index (χ3v) is 2.01. The first-order valence-corrected chi connectivity index (χ1v) is 4.65. The molecule has 1 amide bonds. The fraction of sp³-hybridized carbons (Fsp3) is 0.250. The molecule has 76 valence electrons. The zero-order valence-electron chi connectivity index (χ0n) is 7.14. The highest BCUT2D eigenvalue weighted by atomic mass is 79.9. The van der Waals surface area contributed by atoms with E-state index in [2.05, 4.69) is 26.2 Å². The van der Waals surface area contributed by atoms with Crippen LogP contribution in [0.4, 0.5) is 4.79 Å². The fourth-order valence-electron chi connectivity index (χ4n) is 0.873. The second-order valence-electron chi connectivity index (χ2n) is 2.60. The third-order valence-electron chi connectivity index (χ3n) is 1.54. The van der Waals surface area contributed by atoms with Crippen LogP contribution in [0, 0.1) is 0 Å². The SMILES string of the molecule is O=C(O)NCC(O)c1ccc(Br)cn1. The summed E-state index contributed by atoms with van der Waals surface area (Å²) in [5, 5.41) is 19.8. The quantitative estimate of drug-likeness (QED) is 0.762. The minimum Gasteiger partial charge on any atom is -0.465 e. The van der Waals surface area contributed by atoms with Crippen molar-refractivity contribution < 1.29 is 15.0 Å². The third kappa shape index (κ3) is 3.31. The van der Waals surface area contributed by atoms with Gasteiger partial charge in [-0.2, -0.15) is 0 Å². The monoisotopic (exact) mass is 260 g/mol. The van der Waals surface area contributed by atoms with Gasteiger partial charge >= 0.3 is 6.09 Å². The van der Waals surface area contributed by atoms with Crippen molar-refractivity contribution in [2.75, 3.05) is 6.54 Å². The van der Waals surface area contributed by atoms with Gasteiger partial charge in [0, 0.05) is 10.7 Å². The Balaban J connectivity index is 2.56. The number of halogens is 1. The summed E-state index contributed by atoms with van der Waals surface area (Å²) in [6.45, 7) is -0.0655. The molecule has 14 heavy (non-hydrogen) atoms. The van der Waals surface area contributed by atoms with Gasteiger partial charge in [0.25, 0.3) is 0 Å². The van der Waals surface area contributed by atoms with E-state index in [0.29, 0.717) is 5.69 Å². The molecule has 1 heterocycles. The number of carboxylic acid groups (broad SMARTS) is 1. The lowest BCUT2D eigenvalue weighted by molar-refractivity contribution is 0.156. The molecule has 0 bridgehead atoms. The van der Waals surface area contributed by atoms with Crippen molar-refractivity contribution in [2.45, 2.75) is 6.10 Å². The van der Waals surface area contributed by atoms with E-state index in [1.165, 1.54) is 0 Å². The molecule has 1 aromatic heterocycles. The average molecular weight is 261 g/mol. The summed E-state index contributed by atoms with van der Waals surface area (Å²) < 4.78 is 0.805. The van der Waals surface area contributed by atoms with Crippen molar-refractivity contribution >= 4 is 22.0 Å². The Bertz CT molecular complexity index is 315. The van der Waals surface area contributed by atoms with Crippen molar-refractivity contribution in [1.29, 1.82) is 0 Å². The molecule has 5 nitrogen and oxygen atoms in total. The normalized spacial score (nSPS) is 12.1. The summed E-state index contributed by atoms with van der Waals surface area (Å²) in [4.78, 5) is 14.1. The second kappa shape index (κ2) is 4.92. The van der Waals surface area contributed by atoms with E-state index < -0.39 is 12.2 Å². The van der Waals surface area contributed by atoms with Crippen LogP contribution in [0.2, 0.25) is 0 Å². The maximum Gasteiger partial charge on any atom is 0.404 e. The van der Waals surface area contributed by atoms with Gasteiger partial charge in [0.2, 0.25) is 0 Å². The number of carbonyl (C=O) groups is 1. The predicted octanol–water partition coefficient (Wildman–Crippen LogP) is 1.15. The molecule has 6 heteroatoms. The van der Waals surface area contributed by atoms with Crippen LogP contribution in [0.3, 0.4) is 0 Å². The smallest absolute Gasteiger partial charge is 0.404 e. The highest BCUT2D eigenvalue weighted by Crippen LogP contribution is 2.12. The number of amides is 1. The number of rotatable bonds is 3. The van der Waals surface area contributed by atoms with E-state index in [9.17, 15) is 9.90 Å². The number of pyridine rings is 1. The molecule has 0 radical (unpaired) electrons. The van der Waals surface area contributed by atoms with Crippen LogP contribution in [0.1, 0.15) is 11.8 Å². The number of nitrogens with zero attached hydrogens (tertiary/aromatic N) is 1. The zero-order chi connectivity index (χ0) is 10.6. The highest BCUT2D eigenvalue weighted by molar-refractivity contribution is 9.10. The lowest BCUT2D eigenvalue weighted by Crippen LogP contribution is -2.26. The van der Waals surface area contributed by atoms with Crippen molar-refractivity contribution in [1.82, 2.24) is 10.3 Å². The van der Waals surface area contributed by atoms with E-state index in [4.69, 9.17) is 5.11 Å². The molecular formula is C8H9BrN2O3. The highest BCUT2D eigenvalue weighted by Gasteiger charge is 2.09. The summed E-state index contributed by atoms with van der Waals surface area (Å²) in [6.07, 6.45) is -0.542. The van der Waals surface area contributed by atoms with Crippen LogP contribution in [-0.4, -0.2) is 27.8 Å². The van der Waals surface area contributed by atoms with Crippen molar-refractivity contribution in [2.24, 2.45) is 0 Å². The van der Waals surface area contributed by atoms with Gasteiger partial charge in [0.1, 0.15) is 6.10 Å². The molecule has 0 aromatic carbocycles. The van der Waals surface area contributed by atoms with Crippen molar-refractivity contribution in [3.63, 3.8) is 0 Å². The van der Waals surface area contributed by atoms with E-state index >= 15 is 0 Å². The number of hydrogen-bond acceptors (Lipinski definition) is 3. The molecule has 1 rings (SSSR count). The summed E-state index contributed by atoms with van der Waals surface area (Å²) in [5.74, 6) is 0. The van der Waals surface area contributed by atoms with Gasteiger partial charge < -0.3 is 15.5 Å². The molecule has 1 atom stereocenters. The number of nitrogens with one attached hydrogen (secondary N) is 1. The van der Waals surface area contributed by atoms with E-state index in [0.717, 1.165) is 4.47 Å². The molecular weight excluding hydrogens is 252 g/mol. The van der Waals surface area contributed by atoms with Crippen LogP contribution >= 0.6 is 15.9 Å². The number of aromatic nitrogens is 1. The first kappa shape index (κ1) is 10.9. The zero-order valence-corrected chi connectivity index (χ0v) is 8.73. The van der Waals surface area contributed by atoms with Gasteiger partial charge in [-0.3, -0.25) is 4.98 Å². The Morgan fingerprint density at radius 3 is 2.86 bits per heavy atom. The lowest BCUT2D eigenvalue weighted by Gasteiger charge is -2.09. The first-order valence-electron chi connectivity index (χ1n) is 3.86. The maximum atomic E-state index is 10.1. The molecule has 0 saturated carbocycles. The summed E-state index contributed by atoms with van der Waals surface area (Å²) in [5.41, 5.74) is 0.432. The summed E-state index contributed by atoms with van der Waals surface area (Å²) in [7, 11) is 0. The molecule has 0 aliphatic rings. The van der Waals surface area contributed by atoms with E-state index in [1.807, 2.05) is 0 Å². The van der Waals surface area contributed by atoms with Crippen molar-refractivity contribution in [3.05, 3.63) is 28.5 Å². The molecule has 0 aliphatic heterocycles. The lowest BCUT2D eigenvalue weighted by atomic mass is 10.2. The molecule has 0 fully saturated rings. The van der Waals surface area contributed by atoms with Crippen LogP contribution in [0.5, 0.6) is 0 Å². The molecule has 1 unspecified atom stereocenters. The van der Waals surface area contributed by atoms with Gasteiger partial charge in [-0.05, 0) is 28.1 Å². The average Bonchev–Trinajstić information content (AvgIpc) is 2.15. The molecule has 1 aromatic rings. The minimum absolute atomic E-state index is 0.0655. The van der Waals surface area contributed by atoms with Crippen LogP contribution in [0.25, 0.3) is 0 Å². The molecule has 0 spiro atoms. The Kier molecular flexibility index (Phi) is 3.84. The number of aliphatic hydroxyl groups is 1. The molecule has 0 aliphatic carbocycles. The van der Waals surface area contributed by atoms with Gasteiger partial charge in [-0.15, -0.1) is 0 Å². The summed E-state index contributed by atoms with van der Waals surface area (Å²) in [6, 6.07) is 3.35. The first-order chi connectivity index (χ1) is 6.59. The second-order valence-corrected chi connectivity index (χ2v) is 3.52. The van der Waals surface area contributed by atoms with E-state index in [1.54, 1.807) is 18.3 Å². The Morgan fingerprint density at radius 1 is 1.64 bits per heavy atom. The largest absolute Gasteiger partial charge is 0.465 e. The maximum absolute atomic E-state index is 10.1. The molecule has 3 N–H and O–H groups in total. The van der Waals surface area contributed by atoms with Crippen LogP contribution in [-0.2, 0) is 0 Å². The van der Waals surface area contributed by atoms with Crippen molar-refractivity contribution in [3.8, 4) is 0 Å². The standard InChI is InChI=1S/C8H9BrN2O3/c9-5-1-2-6(10-3-5)7(12)4-11-8(13)14/h1-3,7,11-12H,4H2,(H,13,14). The topological polar surface area (TPSA) is 82.5 Å². The minimum atomic E-state index is -1.17. The van der Waals surface area contributed by atoms with Gasteiger partial charge in [0.15, 0.2) is 0 Å². The number of hydrogen-bond donors (Lipinski definition) is 3. The number of aliphatic hydroxyl groups excluding tert-OH is 1. The Morgan fingerprint density at radius 2 is 2.36 bits per heavy atom. The van der Waals surface area contributed by atoms with Crippen LogP contribution < -0.4 is 5.32 Å².